The number of hydrogen-bond acceptors (Lipinski definition) is 5. The molecule has 6 nitrogen and oxygen atoms in total. The molecule has 3 unspecified atom stereocenters. The molecule has 0 aliphatic carbocycles. The molecule has 3 aliphatic heterocycles. The van der Waals surface area contributed by atoms with E-state index in [9.17, 15) is 14.7 Å². The van der Waals surface area contributed by atoms with Crippen LogP contribution < -0.4 is 10.1 Å². The minimum Gasteiger partial charge on any atom is -0.611 e. The van der Waals surface area contributed by atoms with E-state index in [0.29, 0.717) is 12.4 Å². The van der Waals surface area contributed by atoms with Crippen molar-refractivity contribution in [2.45, 2.75) is 25.3 Å². The fraction of sp³-hybridized carbons (Fsp3) is 0.333. The maximum atomic E-state index is 13.3. The van der Waals surface area contributed by atoms with Gasteiger partial charge in [-0.2, -0.15) is 0 Å². The summed E-state index contributed by atoms with van der Waals surface area (Å²) in [5.41, 5.74) is 3.47. The van der Waals surface area contributed by atoms with E-state index in [1.165, 1.54) is 6.07 Å². The van der Waals surface area contributed by atoms with E-state index in [1.807, 2.05) is 24.3 Å². The third-order valence-electron chi connectivity index (χ3n) is 6.29. The first-order valence-electron chi connectivity index (χ1n) is 9.27. The summed E-state index contributed by atoms with van der Waals surface area (Å²) in [5, 5.41) is 14.8. The number of rotatable bonds is 1. The van der Waals surface area contributed by atoms with Crippen molar-refractivity contribution in [2.24, 2.45) is 5.92 Å². The summed E-state index contributed by atoms with van der Waals surface area (Å²) in [5.74, 6) is 1.34. The number of nitrogens with zero attached hydrogens (tertiary/aromatic N) is 1. The smallest absolute Gasteiger partial charge is 0.269 e. The molecule has 3 aliphatic rings. The highest BCUT2D eigenvalue weighted by Crippen LogP contribution is 2.52. The van der Waals surface area contributed by atoms with Gasteiger partial charge in [0.05, 0.1) is 16.5 Å². The Morgan fingerprint density at radius 1 is 1.25 bits per heavy atom. The second-order valence-corrected chi connectivity index (χ2v) is 9.52. The van der Waals surface area contributed by atoms with Crippen LogP contribution in [0.2, 0.25) is 0 Å². The van der Waals surface area contributed by atoms with Crippen molar-refractivity contribution in [3.8, 4) is 5.75 Å². The van der Waals surface area contributed by atoms with Crippen molar-refractivity contribution >= 4 is 27.5 Å². The lowest BCUT2D eigenvalue weighted by Gasteiger charge is -2.49. The average molecular weight is 396 g/mol. The lowest BCUT2D eigenvalue weighted by Crippen LogP contribution is -2.54. The minimum absolute atomic E-state index is 0.00925. The molecule has 1 N–H and O–H groups in total. The third kappa shape index (κ3) is 2.39. The van der Waals surface area contributed by atoms with Crippen LogP contribution in [0.4, 0.5) is 11.4 Å². The van der Waals surface area contributed by atoms with Crippen LogP contribution in [0.1, 0.15) is 25.0 Å². The van der Waals surface area contributed by atoms with Crippen LogP contribution in [-0.2, 0) is 16.6 Å². The number of ether oxygens (including phenoxy) is 1. The normalized spacial score (nSPS) is 26.8. The number of benzene rings is 2. The second-order valence-electron chi connectivity index (χ2n) is 8.09. The maximum Gasteiger partial charge on any atom is 0.269 e. The summed E-state index contributed by atoms with van der Waals surface area (Å²) in [6.45, 7) is 4.59. The molecule has 0 saturated heterocycles. The summed E-state index contributed by atoms with van der Waals surface area (Å²) >= 11 is -1.15. The molecule has 0 amide bonds. The van der Waals surface area contributed by atoms with Crippen LogP contribution in [0, 0.1) is 16.0 Å². The van der Waals surface area contributed by atoms with Crippen molar-refractivity contribution in [2.75, 3.05) is 17.7 Å². The molecule has 7 heteroatoms. The van der Waals surface area contributed by atoms with Gasteiger partial charge in [-0.25, -0.2) is 0 Å². The van der Waals surface area contributed by atoms with E-state index in [4.69, 9.17) is 4.74 Å². The van der Waals surface area contributed by atoms with E-state index in [0.717, 1.165) is 33.0 Å². The SMILES string of the molecule is CC1(C)c2cc([N+](=O)[O-])ccc2NC2C3=C(c4ccccc4OC3)[S+]([O-])CC21. The van der Waals surface area contributed by atoms with Crippen molar-refractivity contribution in [1.82, 2.24) is 0 Å². The van der Waals surface area contributed by atoms with Gasteiger partial charge in [-0.15, -0.1) is 0 Å². The van der Waals surface area contributed by atoms with E-state index in [2.05, 4.69) is 19.2 Å². The van der Waals surface area contributed by atoms with Crippen molar-refractivity contribution < 1.29 is 14.2 Å². The minimum atomic E-state index is -1.15. The van der Waals surface area contributed by atoms with Gasteiger partial charge in [-0.1, -0.05) is 26.0 Å². The van der Waals surface area contributed by atoms with Crippen LogP contribution in [0.5, 0.6) is 5.75 Å². The molecule has 28 heavy (non-hydrogen) atoms. The monoisotopic (exact) mass is 396 g/mol. The average Bonchev–Trinajstić information content (AvgIpc) is 2.68. The molecule has 3 heterocycles. The molecule has 0 spiro atoms. The van der Waals surface area contributed by atoms with E-state index in [1.54, 1.807) is 12.1 Å². The van der Waals surface area contributed by atoms with Crippen LogP contribution in [-0.4, -0.2) is 27.9 Å². The highest BCUT2D eigenvalue weighted by molar-refractivity contribution is 8.00. The van der Waals surface area contributed by atoms with E-state index >= 15 is 0 Å². The number of fused-ring (bicyclic) bond motifs is 5. The largest absolute Gasteiger partial charge is 0.611 e. The molecule has 0 saturated carbocycles. The molecular weight excluding hydrogens is 376 g/mol. The molecule has 0 aromatic heterocycles. The van der Waals surface area contributed by atoms with Crippen LogP contribution in [0.25, 0.3) is 4.91 Å². The summed E-state index contributed by atoms with van der Waals surface area (Å²) in [7, 11) is 0. The molecule has 144 valence electrons. The van der Waals surface area contributed by atoms with Gasteiger partial charge in [0.15, 0.2) is 4.91 Å². The number of non-ortho nitro benzene ring substituents is 1. The molecule has 0 radical (unpaired) electrons. The van der Waals surface area contributed by atoms with Crippen molar-refractivity contribution in [3.05, 3.63) is 69.3 Å². The summed E-state index contributed by atoms with van der Waals surface area (Å²) in [6, 6.07) is 12.7. The third-order valence-corrected chi connectivity index (χ3v) is 7.89. The van der Waals surface area contributed by atoms with E-state index < -0.39 is 11.2 Å². The Hall–Kier alpha value is -2.51. The molecule has 3 atom stereocenters. The Morgan fingerprint density at radius 3 is 2.82 bits per heavy atom. The first-order valence-corrected chi connectivity index (χ1v) is 10.6. The van der Waals surface area contributed by atoms with Crippen molar-refractivity contribution in [1.29, 1.82) is 0 Å². The predicted molar refractivity (Wildman–Crippen MR) is 109 cm³/mol. The Balaban J connectivity index is 1.66. The summed E-state index contributed by atoms with van der Waals surface area (Å²) < 4.78 is 19.3. The summed E-state index contributed by atoms with van der Waals surface area (Å²) in [6.07, 6.45) is 0. The highest BCUT2D eigenvalue weighted by atomic mass is 32.2. The second kappa shape index (κ2) is 5.99. The van der Waals surface area contributed by atoms with Crippen molar-refractivity contribution in [3.63, 3.8) is 0 Å². The Bertz CT molecular complexity index is 1030. The molecule has 0 bridgehead atoms. The molecule has 2 aromatic carbocycles. The van der Waals surface area contributed by atoms with Gasteiger partial charge < -0.3 is 14.6 Å². The number of nitro groups is 1. The van der Waals surface area contributed by atoms with Gasteiger partial charge in [0.2, 0.25) is 0 Å². The molecule has 5 rings (SSSR count). The molecule has 0 fully saturated rings. The van der Waals surface area contributed by atoms with Gasteiger partial charge in [0, 0.05) is 34.7 Å². The first-order chi connectivity index (χ1) is 13.4. The fourth-order valence-corrected chi connectivity index (χ4v) is 6.74. The van der Waals surface area contributed by atoms with Crippen LogP contribution in [0.3, 0.4) is 0 Å². The van der Waals surface area contributed by atoms with Gasteiger partial charge >= 0.3 is 0 Å². The zero-order valence-electron chi connectivity index (χ0n) is 15.6. The van der Waals surface area contributed by atoms with Crippen LogP contribution in [0.15, 0.2) is 48.0 Å². The number of hydrogen-bond donors (Lipinski definition) is 1. The Labute approximate surface area is 165 Å². The number of anilines is 1. The lowest BCUT2D eigenvalue weighted by molar-refractivity contribution is -0.385. The van der Waals surface area contributed by atoms with E-state index in [-0.39, 0.29) is 28.0 Å². The maximum absolute atomic E-state index is 13.3. The summed E-state index contributed by atoms with van der Waals surface area (Å²) in [4.78, 5) is 11.8. The van der Waals surface area contributed by atoms with Gasteiger partial charge in [-0.3, -0.25) is 10.1 Å². The van der Waals surface area contributed by atoms with Gasteiger partial charge in [0.25, 0.3) is 5.69 Å². The standard InChI is InChI=1S/C21H20N2O4S/c1-21(2)15-9-12(23(24)25)7-8-17(15)22-19-14-10-27-18-6-4-3-5-13(18)20(14)28(26)11-16(19)21/h3-9,16,19,22H,10-11H2,1-2H3. The molecular formula is C21H20N2O4S. The quantitative estimate of drug-likeness (QED) is 0.449. The predicted octanol–water partition coefficient (Wildman–Crippen LogP) is 3.85. The fourth-order valence-electron chi connectivity index (χ4n) is 4.74. The number of nitrogens with one attached hydrogen (secondary N) is 1. The Kier molecular flexibility index (Phi) is 3.76. The Morgan fingerprint density at radius 2 is 2.04 bits per heavy atom. The first kappa shape index (κ1) is 17.6. The topological polar surface area (TPSA) is 87.5 Å². The number of para-hydroxylation sites is 1. The zero-order valence-corrected chi connectivity index (χ0v) is 16.4. The zero-order chi connectivity index (χ0) is 19.6. The van der Waals surface area contributed by atoms with Gasteiger partial charge in [-0.05, 0) is 34.9 Å². The number of nitro benzene ring substituents is 1. The highest BCUT2D eigenvalue weighted by Gasteiger charge is 2.52. The molecule has 2 aromatic rings. The van der Waals surface area contributed by atoms with Gasteiger partial charge in [0.1, 0.15) is 18.1 Å². The lowest BCUT2D eigenvalue weighted by atomic mass is 9.66. The van der Waals surface area contributed by atoms with Crippen LogP contribution >= 0.6 is 0 Å².